The Balaban J connectivity index is 1.79. The Labute approximate surface area is 162 Å². The number of imide groups is 2. The fourth-order valence-electron chi connectivity index (χ4n) is 3.33. The molecule has 0 spiro atoms. The van der Waals surface area contributed by atoms with Crippen LogP contribution in [0.1, 0.15) is 41.4 Å². The average Bonchev–Trinajstić information content (AvgIpc) is 3.30. The molecule has 28 heavy (non-hydrogen) atoms. The molecule has 3 heterocycles. The van der Waals surface area contributed by atoms with E-state index in [0.717, 1.165) is 21.3 Å². The van der Waals surface area contributed by atoms with Crippen molar-refractivity contribution in [2.24, 2.45) is 5.92 Å². The van der Waals surface area contributed by atoms with Crippen LogP contribution in [0.15, 0.2) is 28.9 Å². The molecule has 1 aliphatic rings. The SMILES string of the molecule is Cc1cc(C(=O)CN2C(=O)C(=O)N(CC(C)C)C2=O)c(C)n1Cc1ccco1. The van der Waals surface area contributed by atoms with Crippen molar-refractivity contribution in [3.8, 4) is 0 Å². The zero-order valence-corrected chi connectivity index (χ0v) is 16.4. The number of hydrogen-bond donors (Lipinski definition) is 0. The number of amides is 4. The predicted molar refractivity (Wildman–Crippen MR) is 99.7 cm³/mol. The number of nitrogens with zero attached hydrogens (tertiary/aromatic N) is 3. The molecule has 0 bridgehead atoms. The zero-order chi connectivity index (χ0) is 20.6. The summed E-state index contributed by atoms with van der Waals surface area (Å²) in [5, 5.41) is 0. The van der Waals surface area contributed by atoms with Gasteiger partial charge in [-0.05, 0) is 38.0 Å². The lowest BCUT2D eigenvalue weighted by Gasteiger charge is -2.16. The van der Waals surface area contributed by atoms with Crippen LogP contribution < -0.4 is 0 Å². The maximum atomic E-state index is 12.8. The summed E-state index contributed by atoms with van der Waals surface area (Å²) in [5.41, 5.74) is 1.98. The van der Waals surface area contributed by atoms with Crippen LogP contribution in [-0.4, -0.2) is 51.1 Å². The van der Waals surface area contributed by atoms with E-state index in [1.807, 2.05) is 31.4 Å². The first kappa shape index (κ1) is 19.6. The standard InChI is InChI=1S/C20H23N3O5/c1-12(2)9-22-18(25)19(26)23(20(22)27)11-17(24)16-8-13(3)21(14(16)4)10-15-6-5-7-28-15/h5-8,12H,9-11H2,1-4H3. The summed E-state index contributed by atoms with van der Waals surface area (Å²) in [6, 6.07) is 4.62. The third kappa shape index (κ3) is 3.49. The van der Waals surface area contributed by atoms with Gasteiger partial charge in [-0.2, -0.15) is 0 Å². The molecule has 148 valence electrons. The Morgan fingerprint density at radius 2 is 1.79 bits per heavy atom. The molecular weight excluding hydrogens is 362 g/mol. The minimum atomic E-state index is -0.955. The van der Waals surface area contributed by atoms with Crippen LogP contribution in [0.4, 0.5) is 4.79 Å². The van der Waals surface area contributed by atoms with Crippen molar-refractivity contribution in [1.82, 2.24) is 14.4 Å². The van der Waals surface area contributed by atoms with E-state index in [2.05, 4.69) is 0 Å². The van der Waals surface area contributed by atoms with Crippen LogP contribution in [0.5, 0.6) is 0 Å². The number of aromatic nitrogens is 1. The molecule has 0 unspecified atom stereocenters. The molecule has 0 N–H and O–H groups in total. The van der Waals surface area contributed by atoms with Crippen LogP contribution in [0.3, 0.4) is 0 Å². The fraction of sp³-hybridized carbons (Fsp3) is 0.400. The van der Waals surface area contributed by atoms with Crippen LogP contribution >= 0.6 is 0 Å². The van der Waals surface area contributed by atoms with Gasteiger partial charge in [0.2, 0.25) is 0 Å². The summed E-state index contributed by atoms with van der Waals surface area (Å²) in [4.78, 5) is 51.1. The minimum absolute atomic E-state index is 0.0249. The zero-order valence-electron chi connectivity index (χ0n) is 16.4. The van der Waals surface area contributed by atoms with Gasteiger partial charge in [-0.3, -0.25) is 19.3 Å². The van der Waals surface area contributed by atoms with Gasteiger partial charge in [0.15, 0.2) is 5.78 Å². The molecule has 8 nitrogen and oxygen atoms in total. The Hall–Kier alpha value is -3.16. The highest BCUT2D eigenvalue weighted by atomic mass is 16.3. The molecule has 4 amide bonds. The normalized spacial score (nSPS) is 14.7. The molecule has 1 fully saturated rings. The highest BCUT2D eigenvalue weighted by Crippen LogP contribution is 2.20. The molecule has 0 aromatic carbocycles. The summed E-state index contributed by atoms with van der Waals surface area (Å²) in [5.74, 6) is -1.45. The maximum absolute atomic E-state index is 12.8. The van der Waals surface area contributed by atoms with E-state index in [9.17, 15) is 19.2 Å². The van der Waals surface area contributed by atoms with E-state index < -0.39 is 24.4 Å². The van der Waals surface area contributed by atoms with Crippen molar-refractivity contribution in [2.45, 2.75) is 34.2 Å². The van der Waals surface area contributed by atoms with Gasteiger partial charge in [0, 0.05) is 23.5 Å². The van der Waals surface area contributed by atoms with E-state index in [1.165, 1.54) is 0 Å². The van der Waals surface area contributed by atoms with Gasteiger partial charge < -0.3 is 8.98 Å². The fourth-order valence-corrected chi connectivity index (χ4v) is 3.33. The second kappa shape index (κ2) is 7.46. The molecule has 1 saturated heterocycles. The van der Waals surface area contributed by atoms with Crippen molar-refractivity contribution in [3.63, 3.8) is 0 Å². The highest BCUT2D eigenvalue weighted by Gasteiger charge is 2.45. The largest absolute Gasteiger partial charge is 0.467 e. The molecular formula is C20H23N3O5. The van der Waals surface area contributed by atoms with Crippen LogP contribution in [0, 0.1) is 19.8 Å². The number of hydrogen-bond acceptors (Lipinski definition) is 5. The Bertz CT molecular complexity index is 939. The first-order valence-corrected chi connectivity index (χ1v) is 9.10. The third-order valence-corrected chi connectivity index (χ3v) is 4.75. The number of rotatable bonds is 7. The lowest BCUT2D eigenvalue weighted by atomic mass is 10.1. The van der Waals surface area contributed by atoms with Crippen molar-refractivity contribution >= 4 is 23.6 Å². The smallest absolute Gasteiger partial charge is 0.334 e. The Morgan fingerprint density at radius 1 is 1.11 bits per heavy atom. The first-order valence-electron chi connectivity index (χ1n) is 9.10. The summed E-state index contributed by atoms with van der Waals surface area (Å²) >= 11 is 0. The van der Waals surface area contributed by atoms with Crippen molar-refractivity contribution in [3.05, 3.63) is 47.2 Å². The molecule has 2 aromatic rings. The van der Waals surface area contributed by atoms with Gasteiger partial charge in [-0.1, -0.05) is 13.8 Å². The van der Waals surface area contributed by atoms with Gasteiger partial charge in [0.25, 0.3) is 0 Å². The lowest BCUT2D eigenvalue weighted by Crippen LogP contribution is -2.38. The summed E-state index contributed by atoms with van der Waals surface area (Å²) in [6.45, 7) is 7.51. The Kier molecular flexibility index (Phi) is 5.22. The van der Waals surface area contributed by atoms with Gasteiger partial charge >= 0.3 is 17.8 Å². The third-order valence-electron chi connectivity index (χ3n) is 4.75. The van der Waals surface area contributed by atoms with Gasteiger partial charge in [-0.15, -0.1) is 0 Å². The van der Waals surface area contributed by atoms with Crippen molar-refractivity contribution < 1.29 is 23.6 Å². The van der Waals surface area contributed by atoms with E-state index in [4.69, 9.17) is 4.42 Å². The molecule has 0 saturated carbocycles. The second-order valence-electron chi connectivity index (χ2n) is 7.36. The molecule has 3 rings (SSSR count). The van der Waals surface area contributed by atoms with Gasteiger partial charge in [-0.25, -0.2) is 9.69 Å². The number of carbonyl (C=O) groups is 4. The number of aryl methyl sites for hydroxylation is 1. The predicted octanol–water partition coefficient (Wildman–Crippen LogP) is 2.38. The van der Waals surface area contributed by atoms with Crippen molar-refractivity contribution in [2.75, 3.05) is 13.1 Å². The quantitative estimate of drug-likeness (QED) is 0.414. The summed E-state index contributed by atoms with van der Waals surface area (Å²) in [6.07, 6.45) is 1.58. The second-order valence-corrected chi connectivity index (χ2v) is 7.36. The number of ketones is 1. The van der Waals surface area contributed by atoms with E-state index in [-0.39, 0.29) is 18.2 Å². The maximum Gasteiger partial charge on any atom is 0.334 e. The first-order chi connectivity index (χ1) is 13.2. The van der Waals surface area contributed by atoms with E-state index in [0.29, 0.717) is 17.8 Å². The molecule has 1 aliphatic heterocycles. The lowest BCUT2D eigenvalue weighted by molar-refractivity contribution is -0.143. The van der Waals surface area contributed by atoms with Crippen LogP contribution in [0.2, 0.25) is 0 Å². The molecule has 2 aromatic heterocycles. The van der Waals surface area contributed by atoms with Crippen LogP contribution in [-0.2, 0) is 16.1 Å². The number of urea groups is 1. The highest BCUT2D eigenvalue weighted by molar-refractivity contribution is 6.45. The average molecular weight is 385 g/mol. The monoisotopic (exact) mass is 385 g/mol. The van der Waals surface area contributed by atoms with Crippen LogP contribution in [0.25, 0.3) is 0 Å². The molecule has 0 radical (unpaired) electrons. The van der Waals surface area contributed by atoms with E-state index in [1.54, 1.807) is 25.3 Å². The molecule has 8 heteroatoms. The minimum Gasteiger partial charge on any atom is -0.467 e. The topological polar surface area (TPSA) is 92.8 Å². The molecule has 0 aliphatic carbocycles. The van der Waals surface area contributed by atoms with E-state index >= 15 is 0 Å². The summed E-state index contributed by atoms with van der Waals surface area (Å²) < 4.78 is 7.29. The number of Topliss-reactive ketones (excluding diaryl/α,β-unsaturated/α-hetero) is 1. The number of furan rings is 1. The van der Waals surface area contributed by atoms with Crippen molar-refractivity contribution in [1.29, 1.82) is 0 Å². The Morgan fingerprint density at radius 3 is 2.39 bits per heavy atom. The van der Waals surface area contributed by atoms with Gasteiger partial charge in [0.05, 0.1) is 19.4 Å². The molecule has 0 atom stereocenters. The summed E-state index contributed by atoms with van der Waals surface area (Å²) in [7, 11) is 0. The number of carbonyl (C=O) groups excluding carboxylic acids is 4. The van der Waals surface area contributed by atoms with Gasteiger partial charge in [0.1, 0.15) is 5.76 Å².